The van der Waals surface area contributed by atoms with Crippen LogP contribution in [0.25, 0.3) is 0 Å². The molecule has 156 valence electrons. The molecule has 1 aliphatic carbocycles. The fraction of sp³-hybridized carbons (Fsp3) is 0.947. The van der Waals surface area contributed by atoms with Gasteiger partial charge in [-0.05, 0) is 50.8 Å². The number of aliphatic hydroxyl groups excluding tert-OH is 3. The molecule has 3 fully saturated rings. The predicted molar refractivity (Wildman–Crippen MR) is 104 cm³/mol. The third-order valence-corrected chi connectivity index (χ3v) is 7.12. The lowest BCUT2D eigenvalue weighted by molar-refractivity contribution is -0.206. The molecular weight excluding hydrogens is 368 g/mol. The first kappa shape index (κ1) is 21.3. The van der Waals surface area contributed by atoms with Gasteiger partial charge in [0, 0.05) is 6.54 Å². The summed E-state index contributed by atoms with van der Waals surface area (Å²) in [5.41, 5.74) is -0.616. The summed E-state index contributed by atoms with van der Waals surface area (Å²) in [6, 6.07) is -0.502. The maximum Gasteiger partial charge on any atom is 0.237 e. The van der Waals surface area contributed by atoms with E-state index in [1.165, 1.54) is 11.8 Å². The van der Waals surface area contributed by atoms with Crippen molar-refractivity contribution in [1.29, 1.82) is 0 Å². The van der Waals surface area contributed by atoms with Gasteiger partial charge in [-0.15, -0.1) is 11.8 Å². The quantitative estimate of drug-likeness (QED) is 0.482. The lowest BCUT2D eigenvalue weighted by Crippen LogP contribution is -2.64. The molecule has 0 radical (unpaired) electrons. The van der Waals surface area contributed by atoms with Crippen LogP contribution in [0.1, 0.15) is 39.0 Å². The van der Waals surface area contributed by atoms with Gasteiger partial charge in [0.05, 0.1) is 12.1 Å². The third kappa shape index (κ3) is 4.62. The van der Waals surface area contributed by atoms with E-state index in [-0.39, 0.29) is 23.9 Å². The minimum absolute atomic E-state index is 0.0230. The Labute approximate surface area is 165 Å². The van der Waals surface area contributed by atoms with Gasteiger partial charge in [-0.2, -0.15) is 0 Å². The summed E-state index contributed by atoms with van der Waals surface area (Å²) < 4.78 is 5.92. The molecule has 27 heavy (non-hydrogen) atoms. The summed E-state index contributed by atoms with van der Waals surface area (Å²) in [6.07, 6.45) is 2.50. The molecule has 3 rings (SSSR count). The van der Waals surface area contributed by atoms with Crippen molar-refractivity contribution in [2.24, 2.45) is 11.8 Å². The van der Waals surface area contributed by atoms with Gasteiger partial charge in [-0.3, -0.25) is 9.69 Å². The Morgan fingerprint density at radius 2 is 1.96 bits per heavy atom. The Kier molecular flexibility index (Phi) is 7.08. The molecule has 3 unspecified atom stereocenters. The molecule has 7 nitrogen and oxygen atoms in total. The largest absolute Gasteiger partial charge is 0.388 e. The molecular formula is C19H34N2O5S. The van der Waals surface area contributed by atoms with Gasteiger partial charge in [0.15, 0.2) is 0 Å². The van der Waals surface area contributed by atoms with Crippen LogP contribution in [0.3, 0.4) is 0 Å². The van der Waals surface area contributed by atoms with Gasteiger partial charge in [0.2, 0.25) is 5.91 Å². The molecule has 4 N–H and O–H groups in total. The molecule has 0 aromatic carbocycles. The van der Waals surface area contributed by atoms with Crippen molar-refractivity contribution < 1.29 is 24.9 Å². The number of ether oxygens (including phenoxy) is 1. The topological polar surface area (TPSA) is 102 Å². The number of rotatable bonds is 7. The highest BCUT2D eigenvalue weighted by Crippen LogP contribution is 2.39. The van der Waals surface area contributed by atoms with Gasteiger partial charge < -0.3 is 25.4 Å². The van der Waals surface area contributed by atoms with Crippen molar-refractivity contribution in [1.82, 2.24) is 10.2 Å². The summed E-state index contributed by atoms with van der Waals surface area (Å²) in [5.74, 6) is 0.770. The molecule has 0 aromatic heterocycles. The number of nitrogens with one attached hydrogen (secondary N) is 1. The first-order chi connectivity index (χ1) is 12.9. The zero-order valence-electron chi connectivity index (χ0n) is 16.5. The number of likely N-dealkylation sites (N-methyl/N-ethyl adjacent to an activating group) is 1. The minimum atomic E-state index is -1.28. The number of amides is 1. The average molecular weight is 403 g/mol. The van der Waals surface area contributed by atoms with Crippen LogP contribution >= 0.6 is 11.8 Å². The van der Waals surface area contributed by atoms with E-state index < -0.39 is 29.9 Å². The van der Waals surface area contributed by atoms with Crippen LogP contribution in [0.4, 0.5) is 0 Å². The monoisotopic (exact) mass is 402 g/mol. The van der Waals surface area contributed by atoms with Crippen LogP contribution in [-0.2, 0) is 9.53 Å². The highest BCUT2D eigenvalue weighted by atomic mass is 32.2. The lowest BCUT2D eigenvalue weighted by atomic mass is 9.92. The molecule has 0 aromatic rings. The molecule has 2 saturated heterocycles. The van der Waals surface area contributed by atoms with Crippen LogP contribution in [0.15, 0.2) is 0 Å². The zero-order valence-corrected chi connectivity index (χ0v) is 17.3. The van der Waals surface area contributed by atoms with E-state index in [0.29, 0.717) is 5.92 Å². The van der Waals surface area contributed by atoms with Crippen molar-refractivity contribution in [2.75, 3.05) is 19.8 Å². The number of carbonyl (C=O) groups excluding carboxylic acids is 1. The van der Waals surface area contributed by atoms with E-state index >= 15 is 0 Å². The van der Waals surface area contributed by atoms with E-state index in [1.54, 1.807) is 6.26 Å². The number of aliphatic hydroxyl groups is 3. The number of likely N-dealkylation sites (tertiary alicyclic amines) is 1. The molecule has 1 saturated carbocycles. The Bertz CT molecular complexity index is 518. The second-order valence-electron chi connectivity index (χ2n) is 8.39. The fourth-order valence-corrected chi connectivity index (χ4v) is 5.26. The average Bonchev–Trinajstić information content (AvgIpc) is 3.41. The number of hydrogen-bond acceptors (Lipinski definition) is 7. The van der Waals surface area contributed by atoms with Gasteiger partial charge >= 0.3 is 0 Å². The van der Waals surface area contributed by atoms with Crippen LogP contribution in [-0.4, -0.2) is 87.9 Å². The van der Waals surface area contributed by atoms with Crippen LogP contribution < -0.4 is 5.32 Å². The number of thioether (sulfide) groups is 1. The third-order valence-electron chi connectivity index (χ3n) is 6.27. The summed E-state index contributed by atoms with van der Waals surface area (Å²) in [5, 5.41) is 33.9. The molecule has 0 spiro atoms. The van der Waals surface area contributed by atoms with Crippen LogP contribution in [0, 0.1) is 11.8 Å². The SMILES string of the molecule is CCCC1CC(C(=O)NC(C2CC2)[C@H]2O[C@H](SC)[C@H](O)[C@@H](O)[C@H]2O)N(C)C1. The van der Waals surface area contributed by atoms with Crippen molar-refractivity contribution >= 4 is 17.7 Å². The molecule has 2 aliphatic heterocycles. The number of nitrogens with zero attached hydrogens (tertiary/aromatic N) is 1. The first-order valence-corrected chi connectivity index (χ1v) is 11.4. The normalized spacial score (nSPS) is 41.5. The van der Waals surface area contributed by atoms with E-state index in [2.05, 4.69) is 17.1 Å². The molecule has 3 aliphatic rings. The lowest BCUT2D eigenvalue weighted by Gasteiger charge is -2.43. The standard InChI is InChI=1S/C19H34N2O5S/c1-4-5-10-8-12(21(2)9-10)18(25)20-13(11-6-7-11)17-15(23)14(22)16(24)19(26-17)27-3/h10-17,19,22-24H,4-9H2,1-3H3,(H,20,25)/t10?,12?,13?,14-,15+,16+,17+,19+/m0/s1. The predicted octanol–water partition coefficient (Wildman–Crippen LogP) is 0.172. The summed E-state index contributed by atoms with van der Waals surface area (Å²) in [4.78, 5) is 15.1. The van der Waals surface area contributed by atoms with Gasteiger partial charge in [-0.25, -0.2) is 0 Å². The maximum absolute atomic E-state index is 13.0. The van der Waals surface area contributed by atoms with Crippen LogP contribution in [0.2, 0.25) is 0 Å². The fourth-order valence-electron chi connectivity index (χ4n) is 4.58. The van der Waals surface area contributed by atoms with Gasteiger partial charge in [0.25, 0.3) is 0 Å². The minimum Gasteiger partial charge on any atom is -0.388 e. The highest BCUT2D eigenvalue weighted by molar-refractivity contribution is 7.99. The van der Waals surface area contributed by atoms with Gasteiger partial charge in [0.1, 0.15) is 29.9 Å². The Morgan fingerprint density at radius 1 is 1.26 bits per heavy atom. The highest BCUT2D eigenvalue weighted by Gasteiger charge is 2.51. The molecule has 8 atom stereocenters. The van der Waals surface area contributed by atoms with E-state index in [4.69, 9.17) is 4.74 Å². The van der Waals surface area contributed by atoms with Crippen molar-refractivity contribution in [3.63, 3.8) is 0 Å². The van der Waals surface area contributed by atoms with Crippen molar-refractivity contribution in [3.05, 3.63) is 0 Å². The second-order valence-corrected chi connectivity index (χ2v) is 9.33. The second kappa shape index (κ2) is 8.97. The first-order valence-electron chi connectivity index (χ1n) is 10.1. The van der Waals surface area contributed by atoms with E-state index in [0.717, 1.165) is 38.6 Å². The van der Waals surface area contributed by atoms with Crippen molar-refractivity contribution in [2.45, 2.75) is 81.0 Å². The van der Waals surface area contributed by atoms with Crippen molar-refractivity contribution in [3.8, 4) is 0 Å². The van der Waals surface area contributed by atoms with E-state index in [9.17, 15) is 20.1 Å². The van der Waals surface area contributed by atoms with Gasteiger partial charge in [-0.1, -0.05) is 13.3 Å². The Hall–Kier alpha value is -0.380. The van der Waals surface area contributed by atoms with Crippen LogP contribution in [0.5, 0.6) is 0 Å². The smallest absolute Gasteiger partial charge is 0.237 e. The molecule has 0 bridgehead atoms. The summed E-state index contributed by atoms with van der Waals surface area (Å²) in [6.45, 7) is 3.10. The Morgan fingerprint density at radius 3 is 2.56 bits per heavy atom. The van der Waals surface area contributed by atoms with E-state index in [1.807, 2.05) is 7.05 Å². The summed E-state index contributed by atoms with van der Waals surface area (Å²) >= 11 is 1.30. The molecule has 2 heterocycles. The zero-order chi connectivity index (χ0) is 19.7. The Balaban J connectivity index is 1.68. The molecule has 8 heteroatoms. The number of carbonyl (C=O) groups is 1. The maximum atomic E-state index is 13.0. The molecule has 1 amide bonds. The number of hydrogen-bond donors (Lipinski definition) is 4. The summed E-state index contributed by atoms with van der Waals surface area (Å²) in [7, 11) is 1.99.